The number of aliphatic hydroxyl groups is 1. The molecule has 4 aliphatic rings. The van der Waals surface area contributed by atoms with Crippen molar-refractivity contribution in [2.24, 2.45) is 46.3 Å². The molecule has 0 saturated heterocycles. The highest BCUT2D eigenvalue weighted by atomic mass is 16.3. The molecule has 0 radical (unpaired) electrons. The summed E-state index contributed by atoms with van der Waals surface area (Å²) in [5.74, 6) is 4.42. The van der Waals surface area contributed by atoms with Gasteiger partial charge in [-0.3, -0.25) is 4.79 Å². The molecule has 3 fully saturated rings. The van der Waals surface area contributed by atoms with Crippen molar-refractivity contribution in [3.05, 3.63) is 11.6 Å². The monoisotopic (exact) mass is 443 g/mol. The van der Waals surface area contributed by atoms with Gasteiger partial charge in [0.05, 0.1) is 12.1 Å². The Balaban J connectivity index is 1.60. The summed E-state index contributed by atoms with van der Waals surface area (Å²) in [6, 6.07) is 0.144. The van der Waals surface area contributed by atoms with Crippen LogP contribution in [0.3, 0.4) is 0 Å². The van der Waals surface area contributed by atoms with Gasteiger partial charge in [-0.2, -0.15) is 0 Å². The number of nitrogens with one attached hydrogen (secondary N) is 1. The van der Waals surface area contributed by atoms with Gasteiger partial charge >= 0.3 is 0 Å². The SMILES string of the molecule is CC(=O)N[C@@H]1C=C2C[C@@H](O)CC[C@]2(C)[C@H]2CC[C@]3(C)[C@@H]([C@@H](C)CCCC(C)C)CC[C@H]3[C@H]12. The fourth-order valence-corrected chi connectivity index (χ4v) is 9.06. The molecule has 3 saturated carbocycles. The third-order valence-corrected chi connectivity index (χ3v) is 10.7. The van der Waals surface area contributed by atoms with Gasteiger partial charge < -0.3 is 10.4 Å². The summed E-state index contributed by atoms with van der Waals surface area (Å²) in [6.45, 7) is 14.0. The van der Waals surface area contributed by atoms with E-state index in [4.69, 9.17) is 0 Å². The average Bonchev–Trinajstić information content (AvgIpc) is 3.05. The molecule has 0 aromatic carbocycles. The van der Waals surface area contributed by atoms with Gasteiger partial charge in [0.1, 0.15) is 0 Å². The molecule has 9 atom stereocenters. The molecule has 0 aromatic heterocycles. The minimum Gasteiger partial charge on any atom is -0.393 e. The molecule has 3 heteroatoms. The van der Waals surface area contributed by atoms with E-state index < -0.39 is 0 Å². The van der Waals surface area contributed by atoms with Crippen LogP contribution in [0.5, 0.6) is 0 Å². The average molecular weight is 444 g/mol. The molecule has 0 spiro atoms. The van der Waals surface area contributed by atoms with E-state index in [0.717, 1.165) is 37.0 Å². The Hall–Kier alpha value is -0.830. The molecule has 3 nitrogen and oxygen atoms in total. The molecule has 0 unspecified atom stereocenters. The van der Waals surface area contributed by atoms with E-state index in [-0.39, 0.29) is 23.5 Å². The van der Waals surface area contributed by atoms with E-state index in [1.807, 2.05) is 0 Å². The zero-order valence-electron chi connectivity index (χ0n) is 21.6. The second-order valence-electron chi connectivity index (χ2n) is 13.1. The minimum absolute atomic E-state index is 0.0921. The van der Waals surface area contributed by atoms with Crippen LogP contribution < -0.4 is 5.32 Å². The standard InChI is InChI=1S/C29H49NO2/c1-18(2)8-7-9-19(3)23-10-11-24-27-25(13-15-29(23,24)6)28(5)14-12-22(32)16-21(28)17-26(27)30-20(4)31/h17-19,22-27,32H,7-16H2,1-6H3,(H,30,31)/t19-,22-,23+,24-,25-,26+,27-,28-,29+/m0/s1. The van der Waals surface area contributed by atoms with Crippen LogP contribution in [0, 0.1) is 46.3 Å². The Bertz CT molecular complexity index is 729. The molecule has 0 aliphatic heterocycles. The Morgan fingerprint density at radius 3 is 2.53 bits per heavy atom. The van der Waals surface area contributed by atoms with E-state index in [1.54, 1.807) is 6.92 Å². The minimum atomic E-state index is -0.208. The summed E-state index contributed by atoms with van der Waals surface area (Å²) in [7, 11) is 0. The summed E-state index contributed by atoms with van der Waals surface area (Å²) in [4.78, 5) is 12.2. The maximum absolute atomic E-state index is 12.2. The van der Waals surface area contributed by atoms with Crippen molar-refractivity contribution < 1.29 is 9.90 Å². The molecule has 2 N–H and O–H groups in total. The molecule has 182 valence electrons. The van der Waals surface area contributed by atoms with Crippen LogP contribution >= 0.6 is 0 Å². The predicted octanol–water partition coefficient (Wildman–Crippen LogP) is 6.50. The fourth-order valence-electron chi connectivity index (χ4n) is 9.06. The van der Waals surface area contributed by atoms with Crippen molar-refractivity contribution in [3.63, 3.8) is 0 Å². The topological polar surface area (TPSA) is 49.3 Å². The largest absolute Gasteiger partial charge is 0.393 e. The molecule has 0 aromatic rings. The smallest absolute Gasteiger partial charge is 0.217 e. The lowest BCUT2D eigenvalue weighted by molar-refractivity contribution is -0.122. The van der Waals surface area contributed by atoms with Crippen molar-refractivity contribution in [1.82, 2.24) is 5.32 Å². The molecular formula is C29H49NO2. The zero-order chi connectivity index (χ0) is 23.3. The van der Waals surface area contributed by atoms with Crippen LogP contribution in [0.25, 0.3) is 0 Å². The van der Waals surface area contributed by atoms with Crippen molar-refractivity contribution in [2.45, 2.75) is 118 Å². The first-order chi connectivity index (χ1) is 15.1. The first kappa shape index (κ1) is 24.3. The van der Waals surface area contributed by atoms with E-state index in [0.29, 0.717) is 23.2 Å². The number of carbonyl (C=O) groups excluding carboxylic acids is 1. The Labute approximate surface area is 197 Å². The molecule has 4 aliphatic carbocycles. The first-order valence-corrected chi connectivity index (χ1v) is 13.7. The predicted molar refractivity (Wildman–Crippen MR) is 132 cm³/mol. The number of carbonyl (C=O) groups is 1. The van der Waals surface area contributed by atoms with Crippen molar-refractivity contribution in [3.8, 4) is 0 Å². The van der Waals surface area contributed by atoms with Gasteiger partial charge in [-0.25, -0.2) is 0 Å². The van der Waals surface area contributed by atoms with Crippen molar-refractivity contribution in [1.29, 1.82) is 0 Å². The van der Waals surface area contributed by atoms with Crippen LogP contribution in [0.1, 0.15) is 106 Å². The molecule has 32 heavy (non-hydrogen) atoms. The lowest BCUT2D eigenvalue weighted by Crippen LogP contribution is -2.58. The highest BCUT2D eigenvalue weighted by Crippen LogP contribution is 2.67. The second kappa shape index (κ2) is 9.08. The van der Waals surface area contributed by atoms with E-state index in [9.17, 15) is 9.90 Å². The highest BCUT2D eigenvalue weighted by Gasteiger charge is 2.61. The lowest BCUT2D eigenvalue weighted by Gasteiger charge is -2.60. The second-order valence-corrected chi connectivity index (χ2v) is 13.1. The summed E-state index contributed by atoms with van der Waals surface area (Å²) >= 11 is 0. The summed E-state index contributed by atoms with van der Waals surface area (Å²) < 4.78 is 0. The number of fused-ring (bicyclic) bond motifs is 5. The number of hydrogen-bond donors (Lipinski definition) is 2. The van der Waals surface area contributed by atoms with Crippen LogP contribution in [0.2, 0.25) is 0 Å². The van der Waals surface area contributed by atoms with Gasteiger partial charge in [0.15, 0.2) is 0 Å². The number of rotatable bonds is 6. The maximum Gasteiger partial charge on any atom is 0.217 e. The third kappa shape index (κ3) is 4.21. The van der Waals surface area contributed by atoms with Gasteiger partial charge in [0.2, 0.25) is 5.91 Å². The van der Waals surface area contributed by atoms with Crippen LogP contribution in [0.15, 0.2) is 11.6 Å². The van der Waals surface area contributed by atoms with Crippen LogP contribution in [0.4, 0.5) is 0 Å². The molecular weight excluding hydrogens is 394 g/mol. The van der Waals surface area contributed by atoms with Crippen molar-refractivity contribution >= 4 is 5.91 Å². The van der Waals surface area contributed by atoms with Gasteiger partial charge in [-0.1, -0.05) is 65.5 Å². The van der Waals surface area contributed by atoms with Gasteiger partial charge in [0, 0.05) is 6.92 Å². The molecule has 4 rings (SSSR count). The fraction of sp³-hybridized carbons (Fsp3) is 0.897. The Morgan fingerprint density at radius 2 is 1.84 bits per heavy atom. The van der Waals surface area contributed by atoms with Crippen LogP contribution in [-0.4, -0.2) is 23.2 Å². The molecule has 0 heterocycles. The zero-order valence-corrected chi connectivity index (χ0v) is 21.6. The van der Waals surface area contributed by atoms with Gasteiger partial charge in [-0.15, -0.1) is 0 Å². The van der Waals surface area contributed by atoms with Crippen LogP contribution in [-0.2, 0) is 4.79 Å². The highest BCUT2D eigenvalue weighted by molar-refractivity contribution is 5.73. The maximum atomic E-state index is 12.2. The van der Waals surface area contributed by atoms with E-state index in [1.165, 1.54) is 50.5 Å². The summed E-state index contributed by atoms with van der Waals surface area (Å²) in [5, 5.41) is 13.8. The quantitative estimate of drug-likeness (QED) is 0.460. The third-order valence-electron chi connectivity index (χ3n) is 10.7. The van der Waals surface area contributed by atoms with Gasteiger partial charge in [0.25, 0.3) is 0 Å². The summed E-state index contributed by atoms with van der Waals surface area (Å²) in [5.41, 5.74) is 2.04. The Kier molecular flexibility index (Phi) is 6.90. The molecule has 1 amide bonds. The summed E-state index contributed by atoms with van der Waals surface area (Å²) in [6.07, 6.45) is 14.4. The number of amides is 1. The lowest BCUT2D eigenvalue weighted by atomic mass is 9.46. The van der Waals surface area contributed by atoms with Gasteiger partial charge in [-0.05, 0) is 91.3 Å². The number of hydrogen-bond acceptors (Lipinski definition) is 2. The normalized spacial score (nSPS) is 44.3. The van der Waals surface area contributed by atoms with E-state index >= 15 is 0 Å². The van der Waals surface area contributed by atoms with E-state index in [2.05, 4.69) is 46.0 Å². The Morgan fingerprint density at radius 1 is 1.09 bits per heavy atom. The first-order valence-electron chi connectivity index (χ1n) is 13.7. The molecule has 0 bridgehead atoms. The number of aliphatic hydroxyl groups excluding tert-OH is 1. The van der Waals surface area contributed by atoms with Crippen molar-refractivity contribution in [2.75, 3.05) is 0 Å².